The van der Waals surface area contributed by atoms with Gasteiger partial charge in [-0.3, -0.25) is 0 Å². The van der Waals surface area contributed by atoms with Crippen molar-refractivity contribution >= 4 is 0 Å². The minimum absolute atomic E-state index is 0.158. The second-order valence-electron chi connectivity index (χ2n) is 4.75. The largest absolute Gasteiger partial charge is 0.497 e. The molecular formula is C17H20FNO2. The molecular weight excluding hydrogens is 269 g/mol. The van der Waals surface area contributed by atoms with E-state index >= 15 is 0 Å². The van der Waals surface area contributed by atoms with Gasteiger partial charge in [0.2, 0.25) is 0 Å². The Labute approximate surface area is 124 Å². The Morgan fingerprint density at radius 2 is 1.76 bits per heavy atom. The second-order valence-corrected chi connectivity index (χ2v) is 4.75. The van der Waals surface area contributed by atoms with Crippen LogP contribution >= 0.6 is 0 Å². The van der Waals surface area contributed by atoms with Crippen LogP contribution in [0.15, 0.2) is 42.5 Å². The second kappa shape index (κ2) is 7.09. The standard InChI is InChI=1S/C17H20FNO2/c1-19-15(11-12-7-9-13(20-2)10-8-12)17-14(18)5-4-6-16(17)21-3/h4-10,15,19H,11H2,1-3H3. The van der Waals surface area contributed by atoms with Gasteiger partial charge in [0, 0.05) is 11.6 Å². The van der Waals surface area contributed by atoms with E-state index in [2.05, 4.69) is 5.32 Å². The van der Waals surface area contributed by atoms with E-state index in [0.29, 0.717) is 17.7 Å². The van der Waals surface area contributed by atoms with Gasteiger partial charge >= 0.3 is 0 Å². The molecule has 0 radical (unpaired) electrons. The molecule has 0 fully saturated rings. The third kappa shape index (κ3) is 3.52. The van der Waals surface area contributed by atoms with Crippen LogP contribution < -0.4 is 14.8 Å². The van der Waals surface area contributed by atoms with E-state index in [1.54, 1.807) is 26.4 Å². The molecule has 0 saturated heterocycles. The van der Waals surface area contributed by atoms with Gasteiger partial charge in [-0.1, -0.05) is 18.2 Å². The number of nitrogens with one attached hydrogen (secondary N) is 1. The third-order valence-electron chi connectivity index (χ3n) is 3.53. The van der Waals surface area contributed by atoms with E-state index in [1.807, 2.05) is 31.3 Å². The fourth-order valence-corrected chi connectivity index (χ4v) is 2.38. The first-order valence-corrected chi connectivity index (χ1v) is 6.82. The van der Waals surface area contributed by atoms with Crippen molar-refractivity contribution in [3.05, 3.63) is 59.4 Å². The molecule has 1 atom stereocenters. The minimum atomic E-state index is -0.262. The van der Waals surface area contributed by atoms with Gasteiger partial charge in [-0.2, -0.15) is 0 Å². The number of benzene rings is 2. The average Bonchev–Trinajstić information content (AvgIpc) is 2.53. The fourth-order valence-electron chi connectivity index (χ4n) is 2.38. The molecule has 2 aromatic carbocycles. The van der Waals surface area contributed by atoms with Crippen molar-refractivity contribution in [1.82, 2.24) is 5.32 Å². The lowest BCUT2D eigenvalue weighted by Crippen LogP contribution is -2.21. The molecule has 0 saturated carbocycles. The molecule has 0 aliphatic rings. The van der Waals surface area contributed by atoms with Gasteiger partial charge in [-0.15, -0.1) is 0 Å². The molecule has 1 unspecified atom stereocenters. The van der Waals surface area contributed by atoms with Crippen molar-refractivity contribution in [2.24, 2.45) is 0 Å². The maximum Gasteiger partial charge on any atom is 0.131 e. The number of methoxy groups -OCH3 is 2. The maximum atomic E-state index is 14.2. The minimum Gasteiger partial charge on any atom is -0.497 e. The fraction of sp³-hybridized carbons (Fsp3) is 0.294. The highest BCUT2D eigenvalue weighted by Gasteiger charge is 2.19. The first-order chi connectivity index (χ1) is 10.2. The molecule has 4 heteroatoms. The molecule has 0 aliphatic carbocycles. The van der Waals surface area contributed by atoms with E-state index in [4.69, 9.17) is 9.47 Å². The van der Waals surface area contributed by atoms with Gasteiger partial charge in [0.15, 0.2) is 0 Å². The van der Waals surface area contributed by atoms with E-state index in [1.165, 1.54) is 6.07 Å². The van der Waals surface area contributed by atoms with Crippen LogP contribution in [0.2, 0.25) is 0 Å². The van der Waals surface area contributed by atoms with Crippen molar-refractivity contribution in [3.8, 4) is 11.5 Å². The Hall–Kier alpha value is -2.07. The highest BCUT2D eigenvalue weighted by Crippen LogP contribution is 2.30. The SMILES string of the molecule is CNC(Cc1ccc(OC)cc1)c1c(F)cccc1OC. The smallest absolute Gasteiger partial charge is 0.131 e. The normalized spacial score (nSPS) is 12.0. The van der Waals surface area contributed by atoms with Crippen molar-refractivity contribution < 1.29 is 13.9 Å². The van der Waals surface area contributed by atoms with Crippen molar-refractivity contribution in [3.63, 3.8) is 0 Å². The zero-order valence-electron chi connectivity index (χ0n) is 12.5. The third-order valence-corrected chi connectivity index (χ3v) is 3.53. The quantitative estimate of drug-likeness (QED) is 0.884. The molecule has 0 amide bonds. The topological polar surface area (TPSA) is 30.5 Å². The highest BCUT2D eigenvalue weighted by molar-refractivity contribution is 5.38. The number of hydrogen-bond donors (Lipinski definition) is 1. The van der Waals surface area contributed by atoms with Crippen molar-refractivity contribution in [2.75, 3.05) is 21.3 Å². The highest BCUT2D eigenvalue weighted by atomic mass is 19.1. The summed E-state index contributed by atoms with van der Waals surface area (Å²) in [5.74, 6) is 1.10. The number of ether oxygens (including phenoxy) is 2. The molecule has 112 valence electrons. The lowest BCUT2D eigenvalue weighted by Gasteiger charge is -2.20. The number of rotatable bonds is 6. The number of halogens is 1. The summed E-state index contributed by atoms with van der Waals surface area (Å²) in [7, 11) is 5.01. The Kier molecular flexibility index (Phi) is 5.17. The summed E-state index contributed by atoms with van der Waals surface area (Å²) in [6.07, 6.45) is 0.664. The van der Waals surface area contributed by atoms with Crippen LogP contribution in [0.1, 0.15) is 17.2 Å². The zero-order chi connectivity index (χ0) is 15.2. The van der Waals surface area contributed by atoms with E-state index in [9.17, 15) is 4.39 Å². The molecule has 0 bridgehead atoms. The maximum absolute atomic E-state index is 14.2. The molecule has 1 N–H and O–H groups in total. The Morgan fingerprint density at radius 3 is 2.33 bits per heavy atom. The summed E-state index contributed by atoms with van der Waals surface area (Å²) in [4.78, 5) is 0. The number of hydrogen-bond acceptors (Lipinski definition) is 3. The van der Waals surface area contributed by atoms with Crippen LogP contribution in [-0.2, 0) is 6.42 Å². The molecule has 2 rings (SSSR count). The molecule has 3 nitrogen and oxygen atoms in total. The van der Waals surface area contributed by atoms with Crippen molar-refractivity contribution in [1.29, 1.82) is 0 Å². The first-order valence-electron chi connectivity index (χ1n) is 6.82. The number of likely N-dealkylation sites (N-methyl/N-ethyl adjacent to an activating group) is 1. The van der Waals surface area contributed by atoms with Crippen LogP contribution in [0.4, 0.5) is 4.39 Å². The molecule has 0 aliphatic heterocycles. The van der Waals surface area contributed by atoms with Crippen LogP contribution in [-0.4, -0.2) is 21.3 Å². The van der Waals surface area contributed by atoms with Crippen LogP contribution in [0.25, 0.3) is 0 Å². The van der Waals surface area contributed by atoms with Gasteiger partial charge in [-0.25, -0.2) is 4.39 Å². The van der Waals surface area contributed by atoms with Gasteiger partial charge in [0.25, 0.3) is 0 Å². The molecule has 0 spiro atoms. The van der Waals surface area contributed by atoms with E-state index < -0.39 is 0 Å². The molecule has 2 aromatic rings. The summed E-state index contributed by atoms with van der Waals surface area (Å²) in [6, 6.07) is 12.5. The molecule has 0 aromatic heterocycles. The first kappa shape index (κ1) is 15.3. The van der Waals surface area contributed by atoms with E-state index in [0.717, 1.165) is 11.3 Å². The van der Waals surface area contributed by atoms with Gasteiger partial charge in [-0.05, 0) is 43.3 Å². The summed E-state index contributed by atoms with van der Waals surface area (Å²) < 4.78 is 24.6. The predicted molar refractivity (Wildman–Crippen MR) is 81.5 cm³/mol. The summed E-state index contributed by atoms with van der Waals surface area (Å²) >= 11 is 0. The Morgan fingerprint density at radius 1 is 1.05 bits per heavy atom. The van der Waals surface area contributed by atoms with Crippen LogP contribution in [0.5, 0.6) is 11.5 Å². The average molecular weight is 289 g/mol. The van der Waals surface area contributed by atoms with Crippen LogP contribution in [0.3, 0.4) is 0 Å². The Bertz CT molecular complexity index is 584. The van der Waals surface area contributed by atoms with Crippen LogP contribution in [0, 0.1) is 5.82 Å². The lowest BCUT2D eigenvalue weighted by molar-refractivity contribution is 0.393. The summed E-state index contributed by atoms with van der Waals surface area (Å²) in [6.45, 7) is 0. The summed E-state index contributed by atoms with van der Waals surface area (Å²) in [5.41, 5.74) is 1.65. The van der Waals surface area contributed by atoms with E-state index in [-0.39, 0.29) is 11.9 Å². The summed E-state index contributed by atoms with van der Waals surface area (Å²) in [5, 5.41) is 3.16. The lowest BCUT2D eigenvalue weighted by atomic mass is 9.97. The van der Waals surface area contributed by atoms with Gasteiger partial charge in [0.1, 0.15) is 17.3 Å². The molecule has 0 heterocycles. The Balaban J connectivity index is 2.27. The predicted octanol–water partition coefficient (Wildman–Crippen LogP) is 3.35. The molecule has 21 heavy (non-hydrogen) atoms. The zero-order valence-corrected chi connectivity index (χ0v) is 12.5. The van der Waals surface area contributed by atoms with Gasteiger partial charge < -0.3 is 14.8 Å². The monoisotopic (exact) mass is 289 g/mol. The van der Waals surface area contributed by atoms with Crippen molar-refractivity contribution in [2.45, 2.75) is 12.5 Å². The van der Waals surface area contributed by atoms with Gasteiger partial charge in [0.05, 0.1) is 14.2 Å².